The van der Waals surface area contributed by atoms with Crippen molar-refractivity contribution in [3.63, 3.8) is 0 Å². The average molecular weight is 292 g/mol. The van der Waals surface area contributed by atoms with E-state index in [1.54, 1.807) is 19.9 Å². The molecule has 0 unspecified atom stereocenters. The maximum Gasteiger partial charge on any atom is 0.313 e. The van der Waals surface area contributed by atoms with Gasteiger partial charge in [-0.2, -0.15) is 0 Å². The Balaban J connectivity index is 0.00000324. The minimum absolute atomic E-state index is 0. The van der Waals surface area contributed by atoms with Crippen LogP contribution in [0.5, 0.6) is 5.75 Å². The molecule has 4 nitrogen and oxygen atoms in total. The molecule has 0 aliphatic carbocycles. The molecule has 2 N–H and O–H groups in total. The van der Waals surface area contributed by atoms with Gasteiger partial charge in [0.1, 0.15) is 0 Å². The van der Waals surface area contributed by atoms with Crippen LogP contribution < -0.4 is 10.5 Å². The molecule has 0 aromatic heterocycles. The summed E-state index contributed by atoms with van der Waals surface area (Å²) in [6.45, 7) is 3.23. The van der Waals surface area contributed by atoms with Crippen LogP contribution in [0, 0.1) is 11.2 Å². The summed E-state index contributed by atoms with van der Waals surface area (Å²) in [5.41, 5.74) is 5.18. The van der Waals surface area contributed by atoms with E-state index in [9.17, 15) is 9.18 Å². The molecule has 108 valence electrons. The molecule has 0 aliphatic rings. The number of methoxy groups -OCH3 is 2. The summed E-state index contributed by atoms with van der Waals surface area (Å²) in [7, 11) is 2.65. The van der Waals surface area contributed by atoms with E-state index in [1.165, 1.54) is 26.4 Å². The number of hydrogen-bond acceptors (Lipinski definition) is 4. The first kappa shape index (κ1) is 17.7. The molecule has 0 aliphatic heterocycles. The second-order valence-corrected chi connectivity index (χ2v) is 4.55. The van der Waals surface area contributed by atoms with Crippen LogP contribution >= 0.6 is 12.4 Å². The molecule has 0 bridgehead atoms. The van der Waals surface area contributed by atoms with Gasteiger partial charge in [0.2, 0.25) is 0 Å². The number of nitrogens with two attached hydrogens (primary N) is 1. The number of esters is 1. The summed E-state index contributed by atoms with van der Waals surface area (Å²) in [5.74, 6) is -0.940. The summed E-state index contributed by atoms with van der Waals surface area (Å²) in [4.78, 5) is 11.7. The molecule has 1 aromatic carbocycles. The lowest BCUT2D eigenvalue weighted by molar-refractivity contribution is -0.152. The zero-order chi connectivity index (χ0) is 13.9. The van der Waals surface area contributed by atoms with Gasteiger partial charge >= 0.3 is 5.97 Å². The highest BCUT2D eigenvalue weighted by atomic mass is 35.5. The summed E-state index contributed by atoms with van der Waals surface area (Å²) in [6, 6.07) is 3.84. The van der Waals surface area contributed by atoms with Crippen molar-refractivity contribution < 1.29 is 18.7 Å². The summed E-state index contributed by atoms with van der Waals surface area (Å²) >= 11 is 0. The lowest BCUT2D eigenvalue weighted by Gasteiger charge is -2.29. The largest absolute Gasteiger partial charge is 0.494 e. The van der Waals surface area contributed by atoms with Gasteiger partial charge in [-0.1, -0.05) is 12.1 Å². The zero-order valence-corrected chi connectivity index (χ0v) is 12.2. The lowest BCUT2D eigenvalue weighted by Crippen LogP contribution is -2.37. The van der Waals surface area contributed by atoms with Gasteiger partial charge in [0.15, 0.2) is 11.6 Å². The molecule has 19 heavy (non-hydrogen) atoms. The van der Waals surface area contributed by atoms with Gasteiger partial charge < -0.3 is 15.2 Å². The number of carbonyl (C=O) groups excluding carboxylic acids is 1. The van der Waals surface area contributed by atoms with E-state index in [1.807, 2.05) is 0 Å². The second kappa shape index (κ2) is 6.73. The lowest BCUT2D eigenvalue weighted by atomic mass is 9.81. The van der Waals surface area contributed by atoms with Gasteiger partial charge in [0.25, 0.3) is 0 Å². The van der Waals surface area contributed by atoms with Gasteiger partial charge in [-0.25, -0.2) is 4.39 Å². The van der Waals surface area contributed by atoms with Crippen LogP contribution in [0.4, 0.5) is 4.39 Å². The normalized spacial score (nSPS) is 12.3. The Morgan fingerprint density at radius 3 is 2.42 bits per heavy atom. The van der Waals surface area contributed by atoms with Crippen LogP contribution in [0.3, 0.4) is 0 Å². The Bertz CT molecular complexity index is 452. The van der Waals surface area contributed by atoms with E-state index in [0.717, 1.165) is 0 Å². The minimum Gasteiger partial charge on any atom is -0.494 e. The van der Waals surface area contributed by atoms with E-state index >= 15 is 0 Å². The van der Waals surface area contributed by atoms with Crippen LogP contribution in [0.1, 0.15) is 25.5 Å². The fourth-order valence-electron chi connectivity index (χ4n) is 1.70. The van der Waals surface area contributed by atoms with Crippen molar-refractivity contribution in [2.45, 2.75) is 19.9 Å². The Hall–Kier alpha value is -1.33. The molecule has 0 spiro atoms. The van der Waals surface area contributed by atoms with E-state index in [4.69, 9.17) is 10.5 Å². The smallest absolute Gasteiger partial charge is 0.313 e. The first-order chi connectivity index (χ1) is 8.36. The maximum atomic E-state index is 14.1. The molecule has 0 saturated carbocycles. The molecular weight excluding hydrogens is 273 g/mol. The molecule has 0 fully saturated rings. The maximum absolute atomic E-state index is 14.1. The predicted molar refractivity (Wildman–Crippen MR) is 72.9 cm³/mol. The van der Waals surface area contributed by atoms with Crippen LogP contribution in [0.25, 0.3) is 0 Å². The number of benzene rings is 1. The Morgan fingerprint density at radius 1 is 1.37 bits per heavy atom. The van der Waals surface area contributed by atoms with Crippen molar-refractivity contribution in [3.05, 3.63) is 29.6 Å². The first-order valence-corrected chi connectivity index (χ1v) is 5.52. The first-order valence-electron chi connectivity index (χ1n) is 5.52. The van der Waals surface area contributed by atoms with Crippen molar-refractivity contribution in [2.24, 2.45) is 11.1 Å². The molecule has 1 aromatic rings. The highest BCUT2D eigenvalue weighted by Gasteiger charge is 2.38. The Labute approximate surface area is 118 Å². The second-order valence-electron chi connectivity index (χ2n) is 4.55. The topological polar surface area (TPSA) is 61.5 Å². The van der Waals surface area contributed by atoms with E-state index in [2.05, 4.69) is 4.74 Å². The Morgan fingerprint density at radius 2 is 1.95 bits per heavy atom. The Kier molecular flexibility index (Phi) is 6.25. The molecule has 0 saturated heterocycles. The number of hydrogen-bond donors (Lipinski definition) is 1. The molecule has 0 heterocycles. The van der Waals surface area contributed by atoms with Crippen molar-refractivity contribution in [2.75, 3.05) is 14.2 Å². The van der Waals surface area contributed by atoms with E-state index in [-0.39, 0.29) is 23.7 Å². The van der Waals surface area contributed by atoms with Crippen LogP contribution in [-0.2, 0) is 9.53 Å². The molecule has 0 amide bonds. The average Bonchev–Trinajstić information content (AvgIpc) is 2.37. The van der Waals surface area contributed by atoms with Crippen LogP contribution in [0.15, 0.2) is 18.2 Å². The van der Waals surface area contributed by atoms with Crippen molar-refractivity contribution in [3.8, 4) is 5.75 Å². The third-order valence-electron chi connectivity index (χ3n) is 3.04. The number of ether oxygens (including phenoxy) is 2. The molecule has 0 radical (unpaired) electrons. The highest BCUT2D eigenvalue weighted by molar-refractivity contribution is 5.85. The monoisotopic (exact) mass is 291 g/mol. The van der Waals surface area contributed by atoms with Crippen molar-refractivity contribution in [1.82, 2.24) is 0 Å². The van der Waals surface area contributed by atoms with Crippen LogP contribution in [0.2, 0.25) is 0 Å². The highest BCUT2D eigenvalue weighted by Crippen LogP contribution is 2.35. The van der Waals surface area contributed by atoms with Gasteiger partial charge in [-0.15, -0.1) is 12.4 Å². The fourth-order valence-corrected chi connectivity index (χ4v) is 1.70. The third-order valence-corrected chi connectivity index (χ3v) is 3.04. The van der Waals surface area contributed by atoms with Gasteiger partial charge in [0.05, 0.1) is 19.6 Å². The fraction of sp³-hybridized carbons (Fsp3) is 0.462. The third kappa shape index (κ3) is 3.36. The van der Waals surface area contributed by atoms with E-state index < -0.39 is 23.2 Å². The summed E-state index contributed by atoms with van der Waals surface area (Å²) < 4.78 is 23.6. The predicted octanol–water partition coefficient (Wildman–Crippen LogP) is 2.46. The molecule has 1 rings (SSSR count). The molecule has 1 atom stereocenters. The number of rotatable bonds is 4. The molecule has 6 heteroatoms. The quantitative estimate of drug-likeness (QED) is 0.866. The van der Waals surface area contributed by atoms with Crippen molar-refractivity contribution in [1.29, 1.82) is 0 Å². The summed E-state index contributed by atoms with van der Waals surface area (Å²) in [5, 5.41) is 0. The number of halogens is 2. The van der Waals surface area contributed by atoms with Crippen molar-refractivity contribution >= 4 is 18.4 Å². The number of carbonyl (C=O) groups is 1. The molecular formula is C13H19ClFNO3. The summed E-state index contributed by atoms with van der Waals surface area (Å²) in [6.07, 6.45) is 0. The van der Waals surface area contributed by atoms with E-state index in [0.29, 0.717) is 0 Å². The standard InChI is InChI=1S/C13H18FNO3.ClH/c1-13(2,12(16)18-4)11(15)8-6-5-7-9(17-3)10(8)14;/h5-7,11H,15H2,1-4H3;1H/t11-;/m1./s1. The van der Waals surface area contributed by atoms with Crippen LogP contribution in [-0.4, -0.2) is 20.2 Å². The zero-order valence-electron chi connectivity index (χ0n) is 11.4. The van der Waals surface area contributed by atoms with Gasteiger partial charge in [-0.3, -0.25) is 4.79 Å². The SMILES string of the molecule is COC(=O)C(C)(C)[C@H](N)c1cccc(OC)c1F.Cl. The minimum atomic E-state index is -1.03. The van der Waals surface area contributed by atoms with Gasteiger partial charge in [-0.05, 0) is 19.9 Å². The van der Waals surface area contributed by atoms with Gasteiger partial charge in [0, 0.05) is 11.6 Å².